The lowest BCUT2D eigenvalue weighted by Crippen LogP contribution is -2.04. The third-order valence-electron chi connectivity index (χ3n) is 3.13. The molecule has 0 bridgehead atoms. The minimum Gasteiger partial charge on any atom is -0.487 e. The Kier molecular flexibility index (Phi) is 4.64. The van der Waals surface area contributed by atoms with E-state index in [1.807, 2.05) is 17.8 Å². The van der Waals surface area contributed by atoms with Crippen molar-refractivity contribution < 1.29 is 4.74 Å². The molecular weight excluding hydrogens is 304 g/mol. The summed E-state index contributed by atoms with van der Waals surface area (Å²) in [6, 6.07) is 8.35. The highest BCUT2D eigenvalue weighted by molar-refractivity contribution is 9.08. The molecule has 102 valence electrons. The van der Waals surface area contributed by atoms with Crippen molar-refractivity contribution in [1.82, 2.24) is 9.78 Å². The van der Waals surface area contributed by atoms with Gasteiger partial charge in [-0.15, -0.1) is 0 Å². The summed E-state index contributed by atoms with van der Waals surface area (Å²) in [5, 5.41) is 5.23. The SMILES string of the molecule is CCc1cc(COc2ccc(C)cc2CBr)n(C)n1. The van der Waals surface area contributed by atoms with Crippen molar-refractivity contribution in [3.8, 4) is 5.75 Å². The molecule has 0 amide bonds. The molecule has 0 saturated carbocycles. The summed E-state index contributed by atoms with van der Waals surface area (Å²) in [6.07, 6.45) is 0.949. The van der Waals surface area contributed by atoms with Crippen molar-refractivity contribution >= 4 is 15.9 Å². The number of benzene rings is 1. The Labute approximate surface area is 122 Å². The third-order valence-corrected chi connectivity index (χ3v) is 3.73. The van der Waals surface area contributed by atoms with Gasteiger partial charge in [-0.2, -0.15) is 5.10 Å². The molecule has 0 saturated heterocycles. The Bertz CT molecular complexity index is 563. The van der Waals surface area contributed by atoms with Crippen LogP contribution >= 0.6 is 15.9 Å². The predicted molar refractivity (Wildman–Crippen MR) is 80.7 cm³/mol. The van der Waals surface area contributed by atoms with Crippen LogP contribution in [0.5, 0.6) is 5.75 Å². The molecule has 19 heavy (non-hydrogen) atoms. The zero-order valence-electron chi connectivity index (χ0n) is 11.6. The number of ether oxygens (including phenoxy) is 1. The second kappa shape index (κ2) is 6.24. The maximum absolute atomic E-state index is 5.92. The molecule has 0 aliphatic carbocycles. The molecule has 0 fully saturated rings. The van der Waals surface area contributed by atoms with Gasteiger partial charge in [0.2, 0.25) is 0 Å². The summed E-state index contributed by atoms with van der Waals surface area (Å²) >= 11 is 3.50. The van der Waals surface area contributed by atoms with Crippen molar-refractivity contribution in [1.29, 1.82) is 0 Å². The van der Waals surface area contributed by atoms with Gasteiger partial charge in [-0.3, -0.25) is 4.68 Å². The Balaban J connectivity index is 2.11. The number of hydrogen-bond donors (Lipinski definition) is 0. The van der Waals surface area contributed by atoms with Crippen molar-refractivity contribution in [3.05, 3.63) is 46.8 Å². The molecule has 0 radical (unpaired) electrons. The van der Waals surface area contributed by atoms with Gasteiger partial charge in [0.05, 0.1) is 11.4 Å². The van der Waals surface area contributed by atoms with Crippen LogP contribution in [0.1, 0.15) is 29.4 Å². The van der Waals surface area contributed by atoms with Crippen LogP contribution < -0.4 is 4.74 Å². The van der Waals surface area contributed by atoms with E-state index in [4.69, 9.17) is 4.74 Å². The van der Waals surface area contributed by atoms with Gasteiger partial charge in [0.1, 0.15) is 12.4 Å². The number of halogens is 1. The molecule has 2 rings (SSSR count). The number of nitrogens with zero attached hydrogens (tertiary/aromatic N) is 2. The van der Waals surface area contributed by atoms with E-state index in [9.17, 15) is 0 Å². The average Bonchev–Trinajstić information content (AvgIpc) is 2.78. The summed E-state index contributed by atoms with van der Waals surface area (Å²) in [4.78, 5) is 0. The van der Waals surface area contributed by atoms with E-state index in [0.717, 1.165) is 28.9 Å². The Hall–Kier alpha value is -1.29. The second-order valence-electron chi connectivity index (χ2n) is 4.64. The molecule has 2 aromatic rings. The van der Waals surface area contributed by atoms with Gasteiger partial charge >= 0.3 is 0 Å². The van der Waals surface area contributed by atoms with Gasteiger partial charge in [0, 0.05) is 17.9 Å². The van der Waals surface area contributed by atoms with Crippen molar-refractivity contribution in [3.63, 3.8) is 0 Å². The fraction of sp³-hybridized carbons (Fsp3) is 0.400. The number of aromatic nitrogens is 2. The number of aryl methyl sites for hydroxylation is 3. The highest BCUT2D eigenvalue weighted by Gasteiger charge is 2.07. The first-order valence-corrected chi connectivity index (χ1v) is 7.56. The van der Waals surface area contributed by atoms with Gasteiger partial charge in [0.15, 0.2) is 0 Å². The van der Waals surface area contributed by atoms with Crippen LogP contribution in [0.25, 0.3) is 0 Å². The average molecular weight is 323 g/mol. The van der Waals surface area contributed by atoms with E-state index in [1.54, 1.807) is 0 Å². The molecular formula is C15H19BrN2O. The third kappa shape index (κ3) is 3.38. The first-order chi connectivity index (χ1) is 9.13. The maximum Gasteiger partial charge on any atom is 0.130 e. The predicted octanol–water partition coefficient (Wildman–Crippen LogP) is 3.76. The Morgan fingerprint density at radius 1 is 1.32 bits per heavy atom. The summed E-state index contributed by atoms with van der Waals surface area (Å²) < 4.78 is 7.81. The largest absolute Gasteiger partial charge is 0.487 e. The van der Waals surface area contributed by atoms with Gasteiger partial charge < -0.3 is 4.74 Å². The highest BCUT2D eigenvalue weighted by Crippen LogP contribution is 2.23. The van der Waals surface area contributed by atoms with E-state index in [0.29, 0.717) is 6.61 Å². The number of alkyl halides is 1. The summed E-state index contributed by atoms with van der Waals surface area (Å²) in [5.74, 6) is 0.932. The van der Waals surface area contributed by atoms with Gasteiger partial charge in [-0.05, 0) is 25.5 Å². The zero-order valence-corrected chi connectivity index (χ0v) is 13.2. The Morgan fingerprint density at radius 3 is 2.74 bits per heavy atom. The van der Waals surface area contributed by atoms with Crippen LogP contribution in [0.15, 0.2) is 24.3 Å². The molecule has 0 spiro atoms. The van der Waals surface area contributed by atoms with E-state index < -0.39 is 0 Å². The second-order valence-corrected chi connectivity index (χ2v) is 5.20. The summed E-state index contributed by atoms with van der Waals surface area (Å²) in [6.45, 7) is 4.74. The van der Waals surface area contributed by atoms with Crippen LogP contribution in [-0.4, -0.2) is 9.78 Å². The van der Waals surface area contributed by atoms with E-state index >= 15 is 0 Å². The van der Waals surface area contributed by atoms with E-state index in [2.05, 4.69) is 53.1 Å². The van der Waals surface area contributed by atoms with Crippen LogP contribution in [0, 0.1) is 6.92 Å². The van der Waals surface area contributed by atoms with Gasteiger partial charge in [-0.25, -0.2) is 0 Å². The monoisotopic (exact) mass is 322 g/mol. The van der Waals surface area contributed by atoms with E-state index in [-0.39, 0.29) is 0 Å². The molecule has 1 aromatic heterocycles. The van der Waals surface area contributed by atoms with Crippen LogP contribution in [0.4, 0.5) is 0 Å². The van der Waals surface area contributed by atoms with Crippen LogP contribution in [-0.2, 0) is 25.4 Å². The normalized spacial score (nSPS) is 10.7. The van der Waals surface area contributed by atoms with Crippen LogP contribution in [0.3, 0.4) is 0 Å². The number of hydrogen-bond acceptors (Lipinski definition) is 2. The van der Waals surface area contributed by atoms with Crippen molar-refractivity contribution in [2.45, 2.75) is 32.2 Å². The quantitative estimate of drug-likeness (QED) is 0.783. The molecule has 0 aliphatic heterocycles. The number of rotatable bonds is 5. The molecule has 0 N–H and O–H groups in total. The fourth-order valence-electron chi connectivity index (χ4n) is 1.98. The standard InChI is InChI=1S/C15H19BrN2O/c1-4-13-8-14(18(3)17-13)10-19-15-6-5-11(2)7-12(15)9-16/h5-8H,4,9-10H2,1-3H3. The zero-order chi connectivity index (χ0) is 13.8. The molecule has 0 aliphatic rings. The topological polar surface area (TPSA) is 27.1 Å². The van der Waals surface area contributed by atoms with Crippen molar-refractivity contribution in [2.75, 3.05) is 0 Å². The fourth-order valence-corrected chi connectivity index (χ4v) is 2.42. The highest BCUT2D eigenvalue weighted by atomic mass is 79.9. The first kappa shape index (κ1) is 14.1. The van der Waals surface area contributed by atoms with Gasteiger partial charge in [-0.1, -0.05) is 40.5 Å². The summed E-state index contributed by atoms with van der Waals surface area (Å²) in [5.41, 5.74) is 4.62. The lowest BCUT2D eigenvalue weighted by molar-refractivity contribution is 0.292. The molecule has 1 aromatic carbocycles. The smallest absolute Gasteiger partial charge is 0.130 e. The summed E-state index contributed by atoms with van der Waals surface area (Å²) in [7, 11) is 1.96. The van der Waals surface area contributed by atoms with Gasteiger partial charge in [0.25, 0.3) is 0 Å². The van der Waals surface area contributed by atoms with E-state index in [1.165, 1.54) is 11.1 Å². The molecule has 1 heterocycles. The lowest BCUT2D eigenvalue weighted by atomic mass is 10.1. The minimum absolute atomic E-state index is 0.548. The minimum atomic E-state index is 0.548. The van der Waals surface area contributed by atoms with Crippen molar-refractivity contribution in [2.24, 2.45) is 7.05 Å². The molecule has 0 atom stereocenters. The lowest BCUT2D eigenvalue weighted by Gasteiger charge is -2.10. The first-order valence-electron chi connectivity index (χ1n) is 6.44. The van der Waals surface area contributed by atoms with Crippen LogP contribution in [0.2, 0.25) is 0 Å². The molecule has 3 nitrogen and oxygen atoms in total. The maximum atomic E-state index is 5.92. The Morgan fingerprint density at radius 2 is 2.11 bits per heavy atom. The molecule has 4 heteroatoms. The molecule has 0 unspecified atom stereocenters.